The van der Waals surface area contributed by atoms with Gasteiger partial charge in [0.1, 0.15) is 0 Å². The zero-order chi connectivity index (χ0) is 13.9. The van der Waals surface area contributed by atoms with E-state index in [1.807, 2.05) is 13.8 Å². The number of hydrogen-bond acceptors (Lipinski definition) is 2. The SMILES string of the molecule is CC(C)CN(C)S(=O)(=O)c1cc(CCl)ccc1Br. The molecule has 0 N–H and O–H groups in total. The van der Waals surface area contributed by atoms with Crippen molar-refractivity contribution in [2.45, 2.75) is 24.6 Å². The van der Waals surface area contributed by atoms with Gasteiger partial charge in [-0.1, -0.05) is 19.9 Å². The molecule has 0 spiro atoms. The van der Waals surface area contributed by atoms with Crippen molar-refractivity contribution >= 4 is 37.6 Å². The van der Waals surface area contributed by atoms with E-state index in [4.69, 9.17) is 11.6 Å². The lowest BCUT2D eigenvalue weighted by molar-refractivity contribution is 0.417. The van der Waals surface area contributed by atoms with Crippen molar-refractivity contribution in [3.8, 4) is 0 Å². The zero-order valence-electron chi connectivity index (χ0n) is 10.7. The van der Waals surface area contributed by atoms with E-state index in [1.165, 1.54) is 4.31 Å². The Labute approximate surface area is 122 Å². The van der Waals surface area contributed by atoms with Gasteiger partial charge in [-0.15, -0.1) is 11.6 Å². The average Bonchev–Trinajstić information content (AvgIpc) is 2.28. The number of benzene rings is 1. The van der Waals surface area contributed by atoms with Crippen molar-refractivity contribution in [2.24, 2.45) is 5.92 Å². The van der Waals surface area contributed by atoms with Crippen LogP contribution < -0.4 is 0 Å². The maximum atomic E-state index is 12.4. The van der Waals surface area contributed by atoms with Crippen LogP contribution in [0.3, 0.4) is 0 Å². The Morgan fingerprint density at radius 1 is 1.39 bits per heavy atom. The molecule has 102 valence electrons. The van der Waals surface area contributed by atoms with Gasteiger partial charge in [0.05, 0.1) is 4.90 Å². The van der Waals surface area contributed by atoms with Gasteiger partial charge in [0, 0.05) is 23.9 Å². The normalized spacial score (nSPS) is 12.4. The van der Waals surface area contributed by atoms with Gasteiger partial charge in [-0.05, 0) is 39.5 Å². The highest BCUT2D eigenvalue weighted by Gasteiger charge is 2.24. The highest BCUT2D eigenvalue weighted by Crippen LogP contribution is 2.26. The lowest BCUT2D eigenvalue weighted by atomic mass is 10.2. The number of hydrogen-bond donors (Lipinski definition) is 0. The van der Waals surface area contributed by atoms with Crippen LogP contribution in [0.15, 0.2) is 27.6 Å². The second-order valence-corrected chi connectivity index (χ2v) is 7.71. The predicted molar refractivity (Wildman–Crippen MR) is 78.4 cm³/mol. The molecule has 0 saturated heterocycles. The second kappa shape index (κ2) is 6.37. The van der Waals surface area contributed by atoms with E-state index in [2.05, 4.69) is 15.9 Å². The molecule has 0 radical (unpaired) electrons. The molecular formula is C12H17BrClNO2S. The van der Waals surface area contributed by atoms with Crippen molar-refractivity contribution in [3.63, 3.8) is 0 Å². The molecule has 0 atom stereocenters. The van der Waals surface area contributed by atoms with Crippen molar-refractivity contribution in [1.29, 1.82) is 0 Å². The van der Waals surface area contributed by atoms with Crippen molar-refractivity contribution in [3.05, 3.63) is 28.2 Å². The van der Waals surface area contributed by atoms with Gasteiger partial charge in [-0.2, -0.15) is 0 Å². The summed E-state index contributed by atoms with van der Waals surface area (Å²) in [5.41, 5.74) is 0.788. The molecule has 6 heteroatoms. The van der Waals surface area contributed by atoms with Crippen LogP contribution in [0.4, 0.5) is 0 Å². The summed E-state index contributed by atoms with van der Waals surface area (Å²) in [5, 5.41) is 0. The molecule has 1 aromatic rings. The summed E-state index contributed by atoms with van der Waals surface area (Å²) in [6.45, 7) is 4.45. The molecular weight excluding hydrogens is 338 g/mol. The Kier molecular flexibility index (Phi) is 5.65. The molecule has 0 heterocycles. The van der Waals surface area contributed by atoms with Crippen LogP contribution in [0.1, 0.15) is 19.4 Å². The van der Waals surface area contributed by atoms with E-state index in [1.54, 1.807) is 25.2 Å². The Morgan fingerprint density at radius 2 is 2.00 bits per heavy atom. The minimum absolute atomic E-state index is 0.267. The quantitative estimate of drug-likeness (QED) is 0.759. The topological polar surface area (TPSA) is 37.4 Å². The lowest BCUT2D eigenvalue weighted by Crippen LogP contribution is -2.30. The molecule has 1 rings (SSSR count). The number of sulfonamides is 1. The molecule has 0 aliphatic rings. The Balaban J connectivity index is 3.19. The third-order valence-electron chi connectivity index (χ3n) is 2.46. The van der Waals surface area contributed by atoms with Gasteiger partial charge in [-0.25, -0.2) is 12.7 Å². The highest BCUT2D eigenvalue weighted by molar-refractivity contribution is 9.10. The molecule has 0 bridgehead atoms. The van der Waals surface area contributed by atoms with Gasteiger partial charge in [-0.3, -0.25) is 0 Å². The standard InChI is InChI=1S/C12H17BrClNO2S/c1-9(2)8-15(3)18(16,17)12-6-10(7-14)4-5-11(12)13/h4-6,9H,7-8H2,1-3H3. The average molecular weight is 355 g/mol. The molecule has 0 amide bonds. The van der Waals surface area contributed by atoms with Gasteiger partial charge >= 0.3 is 0 Å². The molecule has 3 nitrogen and oxygen atoms in total. The Morgan fingerprint density at radius 3 is 2.50 bits per heavy atom. The molecule has 0 saturated carbocycles. The summed E-state index contributed by atoms with van der Waals surface area (Å²) >= 11 is 9.02. The maximum Gasteiger partial charge on any atom is 0.243 e. The van der Waals surface area contributed by atoms with Crippen molar-refractivity contribution in [2.75, 3.05) is 13.6 Å². The third kappa shape index (κ3) is 3.70. The summed E-state index contributed by atoms with van der Waals surface area (Å²) in [7, 11) is -1.88. The van der Waals surface area contributed by atoms with Crippen LogP contribution in [0.25, 0.3) is 0 Å². The molecule has 0 unspecified atom stereocenters. The van der Waals surface area contributed by atoms with Gasteiger partial charge in [0.2, 0.25) is 10.0 Å². The fourth-order valence-electron chi connectivity index (χ4n) is 1.61. The van der Waals surface area contributed by atoms with E-state index in [-0.39, 0.29) is 10.8 Å². The van der Waals surface area contributed by atoms with Crippen LogP contribution in [0, 0.1) is 5.92 Å². The molecule has 0 aromatic heterocycles. The molecule has 1 aromatic carbocycles. The number of alkyl halides is 1. The first-order chi connectivity index (χ1) is 8.28. The van der Waals surface area contributed by atoms with Crippen LogP contribution in [-0.4, -0.2) is 26.3 Å². The van der Waals surface area contributed by atoms with Gasteiger partial charge < -0.3 is 0 Å². The van der Waals surface area contributed by atoms with Crippen LogP contribution in [0.5, 0.6) is 0 Å². The third-order valence-corrected chi connectivity index (χ3v) is 5.59. The first-order valence-corrected chi connectivity index (χ1v) is 8.36. The molecule has 0 aliphatic heterocycles. The van der Waals surface area contributed by atoms with Crippen LogP contribution in [0.2, 0.25) is 0 Å². The molecule has 18 heavy (non-hydrogen) atoms. The van der Waals surface area contributed by atoms with E-state index in [0.717, 1.165) is 5.56 Å². The highest BCUT2D eigenvalue weighted by atomic mass is 79.9. The van der Waals surface area contributed by atoms with E-state index < -0.39 is 10.0 Å². The number of nitrogens with zero attached hydrogens (tertiary/aromatic N) is 1. The number of halogens is 2. The van der Waals surface area contributed by atoms with Gasteiger partial charge in [0.25, 0.3) is 0 Å². The fourth-order valence-corrected chi connectivity index (χ4v) is 4.08. The Hall–Kier alpha value is -0.100. The summed E-state index contributed by atoms with van der Waals surface area (Å²) in [6.07, 6.45) is 0. The Bertz CT molecular complexity index is 517. The van der Waals surface area contributed by atoms with E-state index in [0.29, 0.717) is 16.9 Å². The lowest BCUT2D eigenvalue weighted by Gasteiger charge is -2.20. The van der Waals surface area contributed by atoms with E-state index >= 15 is 0 Å². The second-order valence-electron chi connectivity index (χ2n) is 4.58. The first-order valence-electron chi connectivity index (χ1n) is 5.59. The summed E-state index contributed by atoms with van der Waals surface area (Å²) in [6, 6.07) is 5.13. The monoisotopic (exact) mass is 353 g/mol. The fraction of sp³-hybridized carbons (Fsp3) is 0.500. The smallest absolute Gasteiger partial charge is 0.207 e. The predicted octanol–water partition coefficient (Wildman–Crippen LogP) is 3.46. The van der Waals surface area contributed by atoms with Gasteiger partial charge in [0.15, 0.2) is 0 Å². The largest absolute Gasteiger partial charge is 0.243 e. The summed E-state index contributed by atoms with van der Waals surface area (Å²) in [5.74, 6) is 0.573. The molecule has 0 aliphatic carbocycles. The summed E-state index contributed by atoms with van der Waals surface area (Å²) in [4.78, 5) is 0.267. The minimum Gasteiger partial charge on any atom is -0.207 e. The maximum absolute atomic E-state index is 12.4. The minimum atomic E-state index is -3.47. The number of rotatable bonds is 5. The first kappa shape index (κ1) is 16.0. The van der Waals surface area contributed by atoms with Crippen molar-refractivity contribution < 1.29 is 8.42 Å². The zero-order valence-corrected chi connectivity index (χ0v) is 13.8. The van der Waals surface area contributed by atoms with Crippen LogP contribution in [-0.2, 0) is 15.9 Å². The van der Waals surface area contributed by atoms with Crippen LogP contribution >= 0.6 is 27.5 Å². The molecule has 0 fully saturated rings. The van der Waals surface area contributed by atoms with E-state index in [9.17, 15) is 8.42 Å². The van der Waals surface area contributed by atoms with Crippen molar-refractivity contribution in [1.82, 2.24) is 4.31 Å². The summed E-state index contributed by atoms with van der Waals surface area (Å²) < 4.78 is 26.8.